The maximum absolute atomic E-state index is 11.7. The van der Waals surface area contributed by atoms with Crippen LogP contribution in [0, 0.1) is 11.8 Å². The number of hydrogen-bond acceptors (Lipinski definition) is 3. The molecule has 0 saturated carbocycles. The first-order valence-corrected chi connectivity index (χ1v) is 6.20. The Morgan fingerprint density at radius 1 is 1.44 bits per heavy atom. The molecule has 0 aromatic carbocycles. The van der Waals surface area contributed by atoms with Gasteiger partial charge in [0.2, 0.25) is 5.91 Å². The first-order chi connectivity index (χ1) is 7.63. The summed E-state index contributed by atoms with van der Waals surface area (Å²) >= 11 is 0. The average Bonchev–Trinajstić information content (AvgIpc) is 2.29. The third-order valence-corrected chi connectivity index (χ3v) is 3.30. The highest BCUT2D eigenvalue weighted by Crippen LogP contribution is 2.18. The highest BCUT2D eigenvalue weighted by molar-refractivity contribution is 5.76. The number of nitrogens with two attached hydrogens (primary N) is 1. The Morgan fingerprint density at radius 3 is 2.62 bits per heavy atom. The molecule has 16 heavy (non-hydrogen) atoms. The fourth-order valence-electron chi connectivity index (χ4n) is 2.05. The highest BCUT2D eigenvalue weighted by Gasteiger charge is 2.22. The number of nitrogens with one attached hydrogen (secondary N) is 1. The van der Waals surface area contributed by atoms with Crippen molar-refractivity contribution >= 4 is 5.91 Å². The molecule has 0 spiro atoms. The van der Waals surface area contributed by atoms with Gasteiger partial charge in [0.05, 0.1) is 0 Å². The van der Waals surface area contributed by atoms with Crippen LogP contribution in [0.1, 0.15) is 33.1 Å². The van der Waals surface area contributed by atoms with Crippen LogP contribution in [0.2, 0.25) is 0 Å². The summed E-state index contributed by atoms with van der Waals surface area (Å²) in [5.41, 5.74) is 5.50. The van der Waals surface area contributed by atoms with E-state index in [9.17, 15) is 4.79 Å². The zero-order valence-corrected chi connectivity index (χ0v) is 10.4. The number of carbonyl (C=O) groups is 1. The molecule has 1 saturated heterocycles. The minimum atomic E-state index is 0.122. The van der Waals surface area contributed by atoms with Crippen molar-refractivity contribution in [2.24, 2.45) is 17.6 Å². The molecule has 2 unspecified atom stereocenters. The third-order valence-electron chi connectivity index (χ3n) is 3.30. The summed E-state index contributed by atoms with van der Waals surface area (Å²) in [5.74, 6) is 0.949. The molecule has 4 heteroatoms. The molecule has 0 aromatic heterocycles. The molecular weight excluding hydrogens is 204 g/mol. The molecule has 1 heterocycles. The Morgan fingerprint density at radius 2 is 2.06 bits per heavy atom. The second-order valence-corrected chi connectivity index (χ2v) is 4.85. The summed E-state index contributed by atoms with van der Waals surface area (Å²) in [6, 6.07) is 0.251. The molecule has 3 N–H and O–H groups in total. The summed E-state index contributed by atoms with van der Waals surface area (Å²) in [4.78, 5) is 11.7. The van der Waals surface area contributed by atoms with Crippen LogP contribution in [-0.2, 0) is 9.53 Å². The van der Waals surface area contributed by atoms with E-state index in [4.69, 9.17) is 10.5 Å². The Bertz CT molecular complexity index is 215. The van der Waals surface area contributed by atoms with Gasteiger partial charge in [-0.1, -0.05) is 6.92 Å². The fourth-order valence-corrected chi connectivity index (χ4v) is 2.05. The van der Waals surface area contributed by atoms with Gasteiger partial charge in [-0.2, -0.15) is 0 Å². The Balaban J connectivity index is 2.26. The molecule has 0 bridgehead atoms. The molecule has 0 aliphatic carbocycles. The molecule has 2 atom stereocenters. The van der Waals surface area contributed by atoms with Gasteiger partial charge in [0.1, 0.15) is 0 Å². The van der Waals surface area contributed by atoms with E-state index in [1.807, 2.05) is 6.92 Å². The summed E-state index contributed by atoms with van der Waals surface area (Å²) in [6.07, 6.45) is 2.63. The lowest BCUT2D eigenvalue weighted by atomic mass is 9.92. The van der Waals surface area contributed by atoms with Crippen molar-refractivity contribution < 1.29 is 9.53 Å². The summed E-state index contributed by atoms with van der Waals surface area (Å²) in [5, 5.41) is 3.06. The van der Waals surface area contributed by atoms with Gasteiger partial charge in [-0.25, -0.2) is 0 Å². The topological polar surface area (TPSA) is 64.4 Å². The van der Waals surface area contributed by atoms with Crippen LogP contribution in [0.25, 0.3) is 0 Å². The lowest BCUT2D eigenvalue weighted by Gasteiger charge is -2.28. The number of rotatable bonds is 5. The molecule has 1 amide bonds. The van der Waals surface area contributed by atoms with E-state index >= 15 is 0 Å². The minimum absolute atomic E-state index is 0.122. The monoisotopic (exact) mass is 228 g/mol. The Kier molecular flexibility index (Phi) is 5.77. The van der Waals surface area contributed by atoms with Crippen molar-refractivity contribution in [3.05, 3.63) is 0 Å². The largest absolute Gasteiger partial charge is 0.381 e. The number of ether oxygens (including phenoxy) is 1. The van der Waals surface area contributed by atoms with E-state index in [-0.39, 0.29) is 17.9 Å². The number of carbonyl (C=O) groups excluding carboxylic acids is 1. The molecule has 4 nitrogen and oxygen atoms in total. The van der Waals surface area contributed by atoms with Crippen LogP contribution in [0.15, 0.2) is 0 Å². The van der Waals surface area contributed by atoms with Crippen LogP contribution >= 0.6 is 0 Å². The maximum atomic E-state index is 11.7. The van der Waals surface area contributed by atoms with Gasteiger partial charge in [0, 0.05) is 25.7 Å². The van der Waals surface area contributed by atoms with E-state index < -0.39 is 0 Å². The SMILES string of the molecule is CC(CN)CC(=O)NC(C)C1CCOCC1. The lowest BCUT2D eigenvalue weighted by Crippen LogP contribution is -2.41. The first-order valence-electron chi connectivity index (χ1n) is 6.20. The second-order valence-electron chi connectivity index (χ2n) is 4.85. The molecule has 1 fully saturated rings. The van der Waals surface area contributed by atoms with Crippen LogP contribution < -0.4 is 11.1 Å². The van der Waals surface area contributed by atoms with Gasteiger partial charge in [-0.05, 0) is 38.1 Å². The molecule has 1 rings (SSSR count). The van der Waals surface area contributed by atoms with Crippen molar-refractivity contribution in [1.29, 1.82) is 0 Å². The zero-order valence-electron chi connectivity index (χ0n) is 10.4. The molecule has 1 aliphatic rings. The quantitative estimate of drug-likeness (QED) is 0.735. The molecule has 0 radical (unpaired) electrons. The first kappa shape index (κ1) is 13.5. The number of hydrogen-bond donors (Lipinski definition) is 2. The summed E-state index contributed by atoms with van der Waals surface area (Å²) < 4.78 is 5.31. The van der Waals surface area contributed by atoms with Crippen molar-refractivity contribution in [2.75, 3.05) is 19.8 Å². The lowest BCUT2D eigenvalue weighted by molar-refractivity contribution is -0.123. The van der Waals surface area contributed by atoms with Gasteiger partial charge < -0.3 is 15.8 Å². The normalized spacial score (nSPS) is 21.4. The van der Waals surface area contributed by atoms with Crippen LogP contribution in [0.4, 0.5) is 0 Å². The predicted molar refractivity (Wildman–Crippen MR) is 64.0 cm³/mol. The van der Waals surface area contributed by atoms with Crippen molar-refractivity contribution in [1.82, 2.24) is 5.32 Å². The minimum Gasteiger partial charge on any atom is -0.381 e. The van der Waals surface area contributed by atoms with Gasteiger partial charge in [-0.15, -0.1) is 0 Å². The standard InChI is InChI=1S/C12H24N2O2/c1-9(8-13)7-12(15)14-10(2)11-3-5-16-6-4-11/h9-11H,3-8,13H2,1-2H3,(H,14,15). The summed E-state index contributed by atoms with van der Waals surface area (Å²) in [7, 11) is 0. The Hall–Kier alpha value is -0.610. The van der Waals surface area contributed by atoms with Gasteiger partial charge >= 0.3 is 0 Å². The van der Waals surface area contributed by atoms with E-state index in [1.54, 1.807) is 0 Å². The van der Waals surface area contributed by atoms with E-state index in [0.717, 1.165) is 26.1 Å². The summed E-state index contributed by atoms with van der Waals surface area (Å²) in [6.45, 7) is 6.30. The molecule has 1 aliphatic heterocycles. The van der Waals surface area contributed by atoms with Crippen LogP contribution in [0.3, 0.4) is 0 Å². The zero-order chi connectivity index (χ0) is 12.0. The van der Waals surface area contributed by atoms with E-state index in [1.165, 1.54) is 0 Å². The predicted octanol–water partition coefficient (Wildman–Crippen LogP) is 0.903. The van der Waals surface area contributed by atoms with E-state index in [2.05, 4.69) is 12.2 Å². The Labute approximate surface area is 97.9 Å². The average molecular weight is 228 g/mol. The number of amides is 1. The van der Waals surface area contributed by atoms with Gasteiger partial charge in [0.15, 0.2) is 0 Å². The van der Waals surface area contributed by atoms with Gasteiger partial charge in [-0.3, -0.25) is 4.79 Å². The van der Waals surface area contributed by atoms with E-state index in [0.29, 0.717) is 18.9 Å². The fraction of sp³-hybridized carbons (Fsp3) is 0.917. The molecular formula is C12H24N2O2. The van der Waals surface area contributed by atoms with Crippen molar-refractivity contribution in [3.8, 4) is 0 Å². The smallest absolute Gasteiger partial charge is 0.220 e. The third kappa shape index (κ3) is 4.49. The maximum Gasteiger partial charge on any atom is 0.220 e. The highest BCUT2D eigenvalue weighted by atomic mass is 16.5. The molecule has 94 valence electrons. The van der Waals surface area contributed by atoms with Crippen molar-refractivity contribution in [3.63, 3.8) is 0 Å². The van der Waals surface area contributed by atoms with Gasteiger partial charge in [0.25, 0.3) is 0 Å². The van der Waals surface area contributed by atoms with Crippen molar-refractivity contribution in [2.45, 2.75) is 39.2 Å². The second kappa shape index (κ2) is 6.86. The molecule has 0 aromatic rings. The van der Waals surface area contributed by atoms with Crippen LogP contribution in [0.5, 0.6) is 0 Å². The van der Waals surface area contributed by atoms with Crippen LogP contribution in [-0.4, -0.2) is 31.7 Å².